The summed E-state index contributed by atoms with van der Waals surface area (Å²) in [6.45, 7) is 1.13. The van der Waals surface area contributed by atoms with E-state index in [1.54, 1.807) is 7.11 Å². The highest BCUT2D eigenvalue weighted by molar-refractivity contribution is 5.94. The van der Waals surface area contributed by atoms with Crippen molar-refractivity contribution in [2.24, 2.45) is 0 Å². The first-order valence-corrected chi connectivity index (χ1v) is 5.86. The van der Waals surface area contributed by atoms with Gasteiger partial charge in [-0.3, -0.25) is 14.4 Å². The molecule has 1 aromatic rings. The van der Waals surface area contributed by atoms with E-state index >= 15 is 0 Å². The fraction of sp³-hybridized carbons (Fsp3) is 0.417. The molecule has 0 aliphatic heterocycles. The zero-order valence-electron chi connectivity index (χ0n) is 10.7. The highest BCUT2D eigenvalue weighted by atomic mass is 16.5. The second-order valence-electron chi connectivity index (χ2n) is 3.79. The van der Waals surface area contributed by atoms with Gasteiger partial charge in [-0.25, -0.2) is 0 Å². The van der Waals surface area contributed by atoms with E-state index in [4.69, 9.17) is 4.74 Å². The average Bonchev–Trinajstić information content (AvgIpc) is 2.39. The van der Waals surface area contributed by atoms with Crippen molar-refractivity contribution in [3.63, 3.8) is 0 Å². The molecular formula is C12H17N3O4. The summed E-state index contributed by atoms with van der Waals surface area (Å²) < 4.78 is 4.79. The van der Waals surface area contributed by atoms with Gasteiger partial charge in [0.15, 0.2) is 0 Å². The van der Waals surface area contributed by atoms with E-state index in [2.05, 4.69) is 15.6 Å². The first-order chi connectivity index (χ1) is 9.13. The molecule has 1 heterocycles. The van der Waals surface area contributed by atoms with Crippen LogP contribution in [0.1, 0.15) is 16.8 Å². The Balaban J connectivity index is 2.25. The number of hydrogen-bond donors (Lipinski definition) is 3. The lowest BCUT2D eigenvalue weighted by molar-refractivity contribution is -0.121. The summed E-state index contributed by atoms with van der Waals surface area (Å²) in [5.41, 5.74) is 0.0773. The molecule has 3 N–H and O–H groups in total. The molecule has 0 saturated carbocycles. The van der Waals surface area contributed by atoms with Gasteiger partial charge in [0, 0.05) is 38.9 Å². The van der Waals surface area contributed by atoms with Gasteiger partial charge < -0.3 is 20.4 Å². The van der Waals surface area contributed by atoms with Crippen LogP contribution in [0.2, 0.25) is 0 Å². The van der Waals surface area contributed by atoms with Crippen molar-refractivity contribution in [2.75, 3.05) is 26.8 Å². The molecule has 0 bridgehead atoms. The van der Waals surface area contributed by atoms with Crippen molar-refractivity contribution in [1.82, 2.24) is 15.6 Å². The van der Waals surface area contributed by atoms with Crippen LogP contribution >= 0.6 is 0 Å². The molecule has 2 amide bonds. The lowest BCUT2D eigenvalue weighted by Gasteiger charge is -2.06. The highest BCUT2D eigenvalue weighted by Gasteiger charge is 2.06. The molecule has 104 valence electrons. The van der Waals surface area contributed by atoms with Crippen LogP contribution in [-0.2, 0) is 9.53 Å². The number of amides is 2. The van der Waals surface area contributed by atoms with Crippen LogP contribution in [0.3, 0.4) is 0 Å². The third-order valence-corrected chi connectivity index (χ3v) is 2.31. The molecule has 19 heavy (non-hydrogen) atoms. The minimum absolute atomic E-state index is 0.154. The van der Waals surface area contributed by atoms with Crippen molar-refractivity contribution in [1.29, 1.82) is 0 Å². The first-order valence-electron chi connectivity index (χ1n) is 5.86. The molecule has 7 nitrogen and oxygen atoms in total. The van der Waals surface area contributed by atoms with Crippen molar-refractivity contribution in [3.05, 3.63) is 34.2 Å². The summed E-state index contributed by atoms with van der Waals surface area (Å²) in [4.78, 5) is 36.2. The van der Waals surface area contributed by atoms with E-state index < -0.39 is 0 Å². The quantitative estimate of drug-likeness (QED) is 0.566. The van der Waals surface area contributed by atoms with Gasteiger partial charge in [-0.1, -0.05) is 0 Å². The fourth-order valence-electron chi connectivity index (χ4n) is 1.32. The second-order valence-corrected chi connectivity index (χ2v) is 3.79. The van der Waals surface area contributed by atoms with Gasteiger partial charge in [0.2, 0.25) is 11.5 Å². The number of carbonyl (C=O) groups is 2. The number of pyridine rings is 1. The number of ether oxygens (including phenoxy) is 1. The molecule has 0 radical (unpaired) electrons. The van der Waals surface area contributed by atoms with Crippen molar-refractivity contribution >= 4 is 11.8 Å². The van der Waals surface area contributed by atoms with E-state index in [-0.39, 0.29) is 30.3 Å². The molecule has 0 fully saturated rings. The van der Waals surface area contributed by atoms with Gasteiger partial charge >= 0.3 is 0 Å². The van der Waals surface area contributed by atoms with Crippen LogP contribution in [0.15, 0.2) is 23.1 Å². The fourth-order valence-corrected chi connectivity index (χ4v) is 1.32. The molecule has 0 unspecified atom stereocenters. The Kier molecular flexibility index (Phi) is 6.31. The first kappa shape index (κ1) is 14.9. The smallest absolute Gasteiger partial charge is 0.252 e. The molecular weight excluding hydrogens is 250 g/mol. The number of methoxy groups -OCH3 is 1. The molecule has 0 aliphatic rings. The summed E-state index contributed by atoms with van der Waals surface area (Å²) in [6.07, 6.45) is 1.52. The summed E-state index contributed by atoms with van der Waals surface area (Å²) in [5, 5.41) is 5.23. The van der Waals surface area contributed by atoms with Gasteiger partial charge in [-0.05, 0) is 6.07 Å². The summed E-state index contributed by atoms with van der Waals surface area (Å²) in [6, 6.07) is 2.69. The zero-order chi connectivity index (χ0) is 14.1. The Morgan fingerprint density at radius 3 is 2.68 bits per heavy atom. The van der Waals surface area contributed by atoms with Gasteiger partial charge in [-0.2, -0.15) is 0 Å². The Bertz CT molecular complexity index is 464. The monoisotopic (exact) mass is 267 g/mol. The van der Waals surface area contributed by atoms with E-state index in [1.807, 2.05) is 0 Å². The SMILES string of the molecule is COCCNC(=O)CCNC(=O)c1ccc(=O)[nH]c1. The van der Waals surface area contributed by atoms with E-state index in [1.165, 1.54) is 18.3 Å². The van der Waals surface area contributed by atoms with Crippen LogP contribution in [0.5, 0.6) is 0 Å². The molecule has 7 heteroatoms. The highest BCUT2D eigenvalue weighted by Crippen LogP contribution is 1.92. The summed E-state index contributed by atoms with van der Waals surface area (Å²) in [7, 11) is 1.55. The van der Waals surface area contributed by atoms with E-state index in [0.29, 0.717) is 18.7 Å². The summed E-state index contributed by atoms with van der Waals surface area (Å²) in [5.74, 6) is -0.486. The number of carbonyl (C=O) groups excluding carboxylic acids is 2. The minimum Gasteiger partial charge on any atom is -0.383 e. The van der Waals surface area contributed by atoms with Crippen molar-refractivity contribution in [3.8, 4) is 0 Å². The number of aromatic amines is 1. The maximum absolute atomic E-state index is 11.6. The van der Waals surface area contributed by atoms with E-state index in [9.17, 15) is 14.4 Å². The lowest BCUT2D eigenvalue weighted by Crippen LogP contribution is -2.32. The zero-order valence-corrected chi connectivity index (χ0v) is 10.7. The molecule has 0 aliphatic carbocycles. The molecule has 0 aromatic carbocycles. The van der Waals surface area contributed by atoms with Gasteiger partial charge in [0.1, 0.15) is 0 Å². The Hall–Kier alpha value is -2.15. The number of aromatic nitrogens is 1. The predicted molar refractivity (Wildman–Crippen MR) is 68.9 cm³/mol. The van der Waals surface area contributed by atoms with Crippen LogP contribution in [0.4, 0.5) is 0 Å². The molecule has 1 aromatic heterocycles. The largest absolute Gasteiger partial charge is 0.383 e. The second kappa shape index (κ2) is 8.04. The van der Waals surface area contributed by atoms with Gasteiger partial charge in [0.05, 0.1) is 12.2 Å². The maximum Gasteiger partial charge on any atom is 0.252 e. The van der Waals surface area contributed by atoms with E-state index in [0.717, 1.165) is 0 Å². The van der Waals surface area contributed by atoms with Crippen LogP contribution in [0, 0.1) is 0 Å². The van der Waals surface area contributed by atoms with Gasteiger partial charge in [-0.15, -0.1) is 0 Å². The van der Waals surface area contributed by atoms with Crippen LogP contribution in [0.25, 0.3) is 0 Å². The summed E-state index contributed by atoms with van der Waals surface area (Å²) >= 11 is 0. The molecule has 0 spiro atoms. The minimum atomic E-state index is -0.332. The average molecular weight is 267 g/mol. The van der Waals surface area contributed by atoms with Crippen molar-refractivity contribution < 1.29 is 14.3 Å². The predicted octanol–water partition coefficient (Wildman–Crippen LogP) is -0.743. The topological polar surface area (TPSA) is 100 Å². The lowest BCUT2D eigenvalue weighted by atomic mass is 10.2. The molecule has 0 atom stereocenters. The van der Waals surface area contributed by atoms with Crippen LogP contribution < -0.4 is 16.2 Å². The molecule has 1 rings (SSSR count). The van der Waals surface area contributed by atoms with Gasteiger partial charge in [0.25, 0.3) is 5.91 Å². The normalized spacial score (nSPS) is 9.95. The third-order valence-electron chi connectivity index (χ3n) is 2.31. The number of H-pyrrole nitrogens is 1. The number of nitrogens with one attached hydrogen (secondary N) is 3. The number of rotatable bonds is 7. The number of hydrogen-bond acceptors (Lipinski definition) is 4. The van der Waals surface area contributed by atoms with Crippen molar-refractivity contribution in [2.45, 2.75) is 6.42 Å². The third kappa shape index (κ3) is 5.82. The van der Waals surface area contributed by atoms with Crippen LogP contribution in [-0.4, -0.2) is 43.6 Å². The standard InChI is InChI=1S/C12H17N3O4/c1-19-7-6-13-11(17)4-5-14-12(18)9-2-3-10(16)15-8-9/h2-3,8H,4-7H2,1H3,(H,13,17)(H,14,18)(H,15,16). The maximum atomic E-state index is 11.6. The molecule has 0 saturated heterocycles. The Labute approximate surface area is 110 Å². The Morgan fingerprint density at radius 2 is 2.05 bits per heavy atom. The Morgan fingerprint density at radius 1 is 1.26 bits per heavy atom.